The summed E-state index contributed by atoms with van der Waals surface area (Å²) in [5, 5.41) is -0.645. The number of fused-ring (bicyclic) bond motifs is 2. The van der Waals surface area contributed by atoms with Gasteiger partial charge in [0.1, 0.15) is 40.7 Å². The monoisotopic (exact) mass is 550 g/mol. The van der Waals surface area contributed by atoms with Crippen molar-refractivity contribution in [1.82, 2.24) is 9.80 Å². The Kier molecular flexibility index (Phi) is 6.21. The molecule has 0 spiro atoms. The predicted molar refractivity (Wildman–Crippen MR) is 136 cm³/mol. The van der Waals surface area contributed by atoms with Crippen LogP contribution in [0.15, 0.2) is 24.3 Å². The van der Waals surface area contributed by atoms with Crippen LogP contribution in [0.5, 0.6) is 5.75 Å². The third-order valence-electron chi connectivity index (χ3n) is 7.25. The number of carbonyl (C=O) groups excluding carboxylic acids is 4. The average molecular weight is 551 g/mol. The molecule has 4 heterocycles. The lowest BCUT2D eigenvalue weighted by atomic mass is 9.96. The molecule has 13 heteroatoms. The van der Waals surface area contributed by atoms with Crippen molar-refractivity contribution in [2.45, 2.75) is 78.4 Å². The predicted octanol–water partition coefficient (Wildman–Crippen LogP) is 0.559. The molecule has 1 aromatic carbocycles. The standard InChI is InChI=1S/C24H30N4O7S2/c1-23(2)14(27-16(29)12(25)18(27)36-23)20(31)34-22(10-6-8-11(33-5)9-7-10)35-21(32)15-24(3,4)37-19-13(26)17(30)28(15)19/h6-9,12-15,18-19,22H,25-26H2,1-5H3/t12-,13-,14+,15+,18-,19-/m1/s1. The van der Waals surface area contributed by atoms with Gasteiger partial charge in [0.05, 0.1) is 7.11 Å². The molecule has 4 saturated heterocycles. The van der Waals surface area contributed by atoms with Gasteiger partial charge >= 0.3 is 11.9 Å². The Balaban J connectivity index is 1.41. The first-order chi connectivity index (χ1) is 17.3. The fourth-order valence-corrected chi connectivity index (χ4v) is 8.43. The van der Waals surface area contributed by atoms with E-state index in [0.717, 1.165) is 0 Å². The number of rotatable bonds is 6. The molecule has 0 bridgehead atoms. The zero-order valence-electron chi connectivity index (χ0n) is 21.1. The van der Waals surface area contributed by atoms with Crippen molar-refractivity contribution in [1.29, 1.82) is 0 Å². The summed E-state index contributed by atoms with van der Waals surface area (Å²) in [6, 6.07) is 3.37. The number of nitrogens with zero attached hydrogens (tertiary/aromatic N) is 2. The van der Waals surface area contributed by atoms with Gasteiger partial charge in [-0.1, -0.05) is 0 Å². The van der Waals surface area contributed by atoms with E-state index >= 15 is 0 Å². The lowest BCUT2D eigenvalue weighted by Gasteiger charge is -2.42. The number of esters is 2. The van der Waals surface area contributed by atoms with Crippen LogP contribution in [0.25, 0.3) is 0 Å². The zero-order chi connectivity index (χ0) is 27.0. The smallest absolute Gasteiger partial charge is 0.333 e. The van der Waals surface area contributed by atoms with E-state index in [9.17, 15) is 19.2 Å². The van der Waals surface area contributed by atoms with Crippen LogP contribution in [0, 0.1) is 0 Å². The SMILES string of the molecule is COc1ccc(C(OC(=O)[C@@H]2N3C(=O)[C@@H](N)[C@H]3SC2(C)C)OC(=O)[C@@H]2N3C(=O)[C@@H](N)[C@H]3SC2(C)C)cc1. The number of ether oxygens (including phenoxy) is 3. The summed E-state index contributed by atoms with van der Waals surface area (Å²) in [6.07, 6.45) is -1.42. The molecular weight excluding hydrogens is 520 g/mol. The number of β-lactam (4-membered cyclic amide) rings is 2. The van der Waals surface area contributed by atoms with E-state index in [1.54, 1.807) is 24.3 Å². The fourth-order valence-electron chi connectivity index (χ4n) is 5.31. The molecule has 4 N–H and O–H groups in total. The summed E-state index contributed by atoms with van der Waals surface area (Å²) in [5.41, 5.74) is 12.3. The largest absolute Gasteiger partial charge is 0.497 e. The second-order valence-electron chi connectivity index (χ2n) is 10.6. The van der Waals surface area contributed by atoms with Crippen LogP contribution in [0.2, 0.25) is 0 Å². The first kappa shape index (κ1) is 26.1. The van der Waals surface area contributed by atoms with E-state index < -0.39 is 51.9 Å². The molecule has 5 rings (SSSR count). The van der Waals surface area contributed by atoms with E-state index in [2.05, 4.69) is 0 Å². The van der Waals surface area contributed by atoms with Gasteiger partial charge in [-0.15, -0.1) is 23.5 Å². The van der Waals surface area contributed by atoms with Crippen LogP contribution < -0.4 is 16.2 Å². The summed E-state index contributed by atoms with van der Waals surface area (Å²) >= 11 is 2.87. The molecule has 4 fully saturated rings. The number of carbonyl (C=O) groups is 4. The van der Waals surface area contributed by atoms with E-state index in [0.29, 0.717) is 11.3 Å². The van der Waals surface area contributed by atoms with Crippen molar-refractivity contribution < 1.29 is 33.4 Å². The van der Waals surface area contributed by atoms with E-state index in [-0.39, 0.29) is 22.6 Å². The molecule has 0 saturated carbocycles. The third kappa shape index (κ3) is 3.98. The summed E-state index contributed by atoms with van der Waals surface area (Å²) in [4.78, 5) is 54.8. The Labute approximate surface area is 222 Å². The van der Waals surface area contributed by atoms with Gasteiger partial charge < -0.3 is 35.5 Å². The van der Waals surface area contributed by atoms with Gasteiger partial charge in [-0.3, -0.25) is 9.59 Å². The zero-order valence-corrected chi connectivity index (χ0v) is 22.7. The maximum Gasteiger partial charge on any atom is 0.333 e. The second kappa shape index (κ2) is 8.79. The number of hydrogen-bond donors (Lipinski definition) is 2. The number of thioether (sulfide) groups is 2. The molecule has 1 aromatic rings. The van der Waals surface area contributed by atoms with Crippen molar-refractivity contribution >= 4 is 47.3 Å². The van der Waals surface area contributed by atoms with Gasteiger partial charge in [0.15, 0.2) is 0 Å². The van der Waals surface area contributed by atoms with Crippen LogP contribution in [0.1, 0.15) is 39.5 Å². The highest BCUT2D eigenvalue weighted by molar-refractivity contribution is 8.02. The highest BCUT2D eigenvalue weighted by Crippen LogP contribution is 2.52. The minimum atomic E-state index is -1.42. The topological polar surface area (TPSA) is 154 Å². The molecule has 0 aliphatic carbocycles. The summed E-state index contributed by atoms with van der Waals surface area (Å²) in [6.45, 7) is 7.36. The first-order valence-corrected chi connectivity index (χ1v) is 13.6. The maximum atomic E-state index is 13.5. The molecular formula is C24H30N4O7S2. The Bertz CT molecular complexity index is 1090. The number of hydrogen-bond acceptors (Lipinski definition) is 11. The molecule has 0 aromatic heterocycles. The Morgan fingerprint density at radius 3 is 1.62 bits per heavy atom. The fraction of sp³-hybridized carbons (Fsp3) is 0.583. The normalized spacial score (nSPS) is 32.9. The van der Waals surface area contributed by atoms with Gasteiger partial charge in [-0.2, -0.15) is 0 Å². The Hall–Kier alpha value is -2.48. The van der Waals surface area contributed by atoms with Crippen LogP contribution in [-0.4, -0.2) is 85.1 Å². The number of benzene rings is 1. The van der Waals surface area contributed by atoms with Gasteiger partial charge in [-0.05, 0) is 52.0 Å². The number of amides is 2. The first-order valence-electron chi connectivity index (χ1n) is 11.8. The van der Waals surface area contributed by atoms with Gasteiger partial charge in [0.25, 0.3) is 6.29 Å². The molecule has 6 atom stereocenters. The molecule has 4 aliphatic rings. The van der Waals surface area contributed by atoms with Gasteiger partial charge in [0, 0.05) is 15.1 Å². The lowest BCUT2D eigenvalue weighted by Crippen LogP contribution is -2.69. The second-order valence-corrected chi connectivity index (χ2v) is 14.1. The minimum Gasteiger partial charge on any atom is -0.497 e. The van der Waals surface area contributed by atoms with Crippen LogP contribution in [0.3, 0.4) is 0 Å². The van der Waals surface area contributed by atoms with Gasteiger partial charge in [0.2, 0.25) is 11.8 Å². The van der Waals surface area contributed by atoms with Crippen LogP contribution in [-0.2, 0) is 28.7 Å². The van der Waals surface area contributed by atoms with Gasteiger partial charge in [-0.25, -0.2) is 9.59 Å². The maximum absolute atomic E-state index is 13.5. The number of nitrogens with two attached hydrogens (primary N) is 2. The van der Waals surface area contributed by atoms with Crippen molar-refractivity contribution in [3.8, 4) is 5.75 Å². The quantitative estimate of drug-likeness (QED) is 0.290. The van der Waals surface area contributed by atoms with E-state index in [1.807, 2.05) is 27.7 Å². The lowest BCUT2D eigenvalue weighted by molar-refractivity contribution is -0.201. The van der Waals surface area contributed by atoms with Crippen LogP contribution in [0.4, 0.5) is 0 Å². The Morgan fingerprint density at radius 2 is 1.24 bits per heavy atom. The number of methoxy groups -OCH3 is 1. The molecule has 11 nitrogen and oxygen atoms in total. The third-order valence-corrected chi connectivity index (χ3v) is 10.4. The van der Waals surface area contributed by atoms with Crippen molar-refractivity contribution in [3.05, 3.63) is 29.8 Å². The molecule has 200 valence electrons. The molecule has 37 heavy (non-hydrogen) atoms. The summed E-state index contributed by atoms with van der Waals surface area (Å²) < 4.78 is 15.4. The van der Waals surface area contributed by atoms with E-state index in [4.69, 9.17) is 25.7 Å². The summed E-state index contributed by atoms with van der Waals surface area (Å²) in [5.74, 6) is -1.52. The molecule has 4 aliphatic heterocycles. The highest BCUT2D eigenvalue weighted by atomic mass is 32.2. The van der Waals surface area contributed by atoms with Crippen molar-refractivity contribution in [2.24, 2.45) is 11.5 Å². The molecule has 0 unspecified atom stereocenters. The highest BCUT2D eigenvalue weighted by Gasteiger charge is 2.65. The van der Waals surface area contributed by atoms with Crippen molar-refractivity contribution in [3.63, 3.8) is 0 Å². The Morgan fingerprint density at radius 1 is 0.838 bits per heavy atom. The average Bonchev–Trinajstić information content (AvgIpc) is 3.28. The molecule has 2 amide bonds. The minimum absolute atomic E-state index is 0.322. The molecule has 0 radical (unpaired) electrons. The van der Waals surface area contributed by atoms with Crippen LogP contribution >= 0.6 is 23.5 Å². The summed E-state index contributed by atoms with van der Waals surface area (Å²) in [7, 11) is 1.52. The van der Waals surface area contributed by atoms with Crippen molar-refractivity contribution in [2.75, 3.05) is 7.11 Å². The van der Waals surface area contributed by atoms with E-state index in [1.165, 1.54) is 40.4 Å².